The van der Waals surface area contributed by atoms with Crippen molar-refractivity contribution in [3.63, 3.8) is 0 Å². The van der Waals surface area contributed by atoms with Gasteiger partial charge in [-0.3, -0.25) is 19.3 Å². The number of methoxy groups -OCH3 is 1. The van der Waals surface area contributed by atoms with Crippen LogP contribution in [0, 0.1) is 0 Å². The van der Waals surface area contributed by atoms with Crippen LogP contribution in [0.3, 0.4) is 0 Å². The number of amides is 3. The maximum atomic E-state index is 12.7. The molecule has 3 rings (SSSR count). The molecule has 0 spiro atoms. The van der Waals surface area contributed by atoms with Crippen LogP contribution >= 0.6 is 0 Å². The van der Waals surface area contributed by atoms with Crippen molar-refractivity contribution in [1.29, 1.82) is 0 Å². The van der Waals surface area contributed by atoms with Gasteiger partial charge in [0.1, 0.15) is 10.6 Å². The maximum absolute atomic E-state index is 12.7. The van der Waals surface area contributed by atoms with Gasteiger partial charge in [0.2, 0.25) is 27.7 Å². The second-order valence-corrected chi connectivity index (χ2v) is 8.21. The number of hydrogen-bond acceptors (Lipinski definition) is 6. The second-order valence-electron chi connectivity index (χ2n) is 6.48. The summed E-state index contributed by atoms with van der Waals surface area (Å²) in [6.07, 6.45) is 2.71. The minimum Gasteiger partial charge on any atom is -0.495 e. The van der Waals surface area contributed by atoms with Gasteiger partial charge < -0.3 is 10.1 Å². The number of nitrogens with one attached hydrogen (secondary N) is 2. The second kappa shape index (κ2) is 7.65. The Balaban J connectivity index is 1.84. The summed E-state index contributed by atoms with van der Waals surface area (Å²) in [4.78, 5) is 36.7. The van der Waals surface area contributed by atoms with Gasteiger partial charge in [0.25, 0.3) is 0 Å². The Morgan fingerprint density at radius 3 is 2.48 bits per heavy atom. The average molecular weight is 395 g/mol. The Bertz CT molecular complexity index is 863. The molecule has 1 saturated heterocycles. The number of carbonyl (C=O) groups excluding carboxylic acids is 3. The lowest BCUT2D eigenvalue weighted by Crippen LogP contribution is -2.40. The van der Waals surface area contributed by atoms with Crippen molar-refractivity contribution < 1.29 is 27.5 Å². The predicted molar refractivity (Wildman–Crippen MR) is 95.7 cm³/mol. The fourth-order valence-corrected chi connectivity index (χ4v) is 3.97. The van der Waals surface area contributed by atoms with Crippen LogP contribution in [0.2, 0.25) is 0 Å². The number of nitrogens with zero attached hydrogens (tertiary/aromatic N) is 1. The van der Waals surface area contributed by atoms with Crippen molar-refractivity contribution in [1.82, 2.24) is 10.0 Å². The molecule has 1 saturated carbocycles. The van der Waals surface area contributed by atoms with Crippen LogP contribution in [0.1, 0.15) is 32.1 Å². The number of sulfonamides is 1. The van der Waals surface area contributed by atoms with Crippen LogP contribution in [0.25, 0.3) is 0 Å². The molecule has 10 heteroatoms. The quantitative estimate of drug-likeness (QED) is 0.640. The number of imide groups is 1. The summed E-state index contributed by atoms with van der Waals surface area (Å²) in [5, 5.41) is 2.69. The molecule has 3 amide bonds. The first-order valence-corrected chi connectivity index (χ1v) is 10.1. The Hall–Kier alpha value is -2.46. The standard InChI is InChI=1S/C17H21N3O6S/c1-26-13-8-7-12(20-16(22)3-2-4-17(20)23)9-14(13)27(24,25)18-10-15(21)19-11-5-6-11/h7-9,11,18H,2-6,10H2,1H3,(H,19,21). The summed E-state index contributed by atoms with van der Waals surface area (Å²) in [5.74, 6) is -1.13. The first-order chi connectivity index (χ1) is 12.8. The van der Waals surface area contributed by atoms with E-state index >= 15 is 0 Å². The topological polar surface area (TPSA) is 122 Å². The maximum Gasteiger partial charge on any atom is 0.244 e. The van der Waals surface area contributed by atoms with Gasteiger partial charge in [-0.25, -0.2) is 13.1 Å². The van der Waals surface area contributed by atoms with Gasteiger partial charge in [-0.05, 0) is 37.5 Å². The highest BCUT2D eigenvalue weighted by Crippen LogP contribution is 2.31. The van der Waals surface area contributed by atoms with Gasteiger partial charge in [-0.15, -0.1) is 0 Å². The zero-order valence-electron chi connectivity index (χ0n) is 14.9. The van der Waals surface area contributed by atoms with Crippen molar-refractivity contribution in [3.05, 3.63) is 18.2 Å². The smallest absolute Gasteiger partial charge is 0.244 e. The van der Waals surface area contributed by atoms with E-state index in [0.29, 0.717) is 6.42 Å². The molecule has 0 atom stereocenters. The number of piperidine rings is 1. The molecule has 1 aliphatic heterocycles. The minimum absolute atomic E-state index is 0.0470. The Morgan fingerprint density at radius 1 is 1.22 bits per heavy atom. The Morgan fingerprint density at radius 2 is 1.89 bits per heavy atom. The molecule has 1 aliphatic carbocycles. The van der Waals surface area contributed by atoms with Crippen molar-refractivity contribution >= 4 is 33.4 Å². The molecule has 27 heavy (non-hydrogen) atoms. The molecule has 146 valence electrons. The van der Waals surface area contributed by atoms with Crippen LogP contribution in [0.5, 0.6) is 5.75 Å². The monoisotopic (exact) mass is 395 g/mol. The fraction of sp³-hybridized carbons (Fsp3) is 0.471. The van der Waals surface area contributed by atoms with Crippen LogP contribution in [0.4, 0.5) is 5.69 Å². The van der Waals surface area contributed by atoms with Gasteiger partial charge >= 0.3 is 0 Å². The van der Waals surface area contributed by atoms with E-state index in [-0.39, 0.29) is 47.0 Å². The molecule has 0 unspecified atom stereocenters. The molecule has 1 heterocycles. The summed E-state index contributed by atoms with van der Waals surface area (Å²) in [5.41, 5.74) is 0.160. The van der Waals surface area contributed by atoms with Gasteiger partial charge in [0.05, 0.1) is 19.3 Å². The normalized spacial score (nSPS) is 17.7. The molecule has 0 radical (unpaired) electrons. The number of rotatable bonds is 7. The highest BCUT2D eigenvalue weighted by Gasteiger charge is 2.30. The molecular weight excluding hydrogens is 374 g/mol. The van der Waals surface area contributed by atoms with E-state index in [0.717, 1.165) is 17.7 Å². The van der Waals surface area contributed by atoms with E-state index in [1.165, 1.54) is 25.3 Å². The van der Waals surface area contributed by atoms with Crippen molar-refractivity contribution in [2.24, 2.45) is 0 Å². The van der Waals surface area contributed by atoms with E-state index < -0.39 is 22.5 Å². The number of anilines is 1. The predicted octanol–water partition coefficient (Wildman–Crippen LogP) is 0.296. The van der Waals surface area contributed by atoms with Crippen molar-refractivity contribution in [2.75, 3.05) is 18.6 Å². The number of benzene rings is 1. The van der Waals surface area contributed by atoms with Crippen LogP contribution < -0.4 is 19.7 Å². The summed E-state index contributed by atoms with van der Waals surface area (Å²) >= 11 is 0. The third-order valence-corrected chi connectivity index (χ3v) is 5.76. The first-order valence-electron chi connectivity index (χ1n) is 8.64. The third kappa shape index (κ3) is 4.45. The van der Waals surface area contributed by atoms with E-state index in [2.05, 4.69) is 10.0 Å². The molecular formula is C17H21N3O6S. The van der Waals surface area contributed by atoms with Gasteiger partial charge in [-0.1, -0.05) is 0 Å². The molecule has 9 nitrogen and oxygen atoms in total. The van der Waals surface area contributed by atoms with Crippen LogP contribution in [-0.2, 0) is 24.4 Å². The van der Waals surface area contributed by atoms with Crippen molar-refractivity contribution in [3.8, 4) is 5.75 Å². The number of ether oxygens (including phenoxy) is 1. The minimum atomic E-state index is -4.09. The average Bonchev–Trinajstić information content (AvgIpc) is 3.44. The van der Waals surface area contributed by atoms with Crippen LogP contribution in [0.15, 0.2) is 23.1 Å². The lowest BCUT2D eigenvalue weighted by molar-refractivity contribution is -0.129. The summed E-state index contributed by atoms with van der Waals surface area (Å²) < 4.78 is 32.6. The lowest BCUT2D eigenvalue weighted by atomic mass is 10.1. The van der Waals surface area contributed by atoms with Crippen molar-refractivity contribution in [2.45, 2.75) is 43.0 Å². The van der Waals surface area contributed by atoms with E-state index in [4.69, 9.17) is 4.74 Å². The molecule has 2 fully saturated rings. The zero-order chi connectivity index (χ0) is 19.6. The molecule has 0 aromatic heterocycles. The number of carbonyl (C=O) groups is 3. The first kappa shape index (κ1) is 19.3. The zero-order valence-corrected chi connectivity index (χ0v) is 15.7. The molecule has 2 N–H and O–H groups in total. The van der Waals surface area contributed by atoms with Gasteiger partial charge in [0.15, 0.2) is 0 Å². The molecule has 1 aromatic carbocycles. The largest absolute Gasteiger partial charge is 0.495 e. The SMILES string of the molecule is COc1ccc(N2C(=O)CCCC2=O)cc1S(=O)(=O)NCC(=O)NC1CC1. The highest BCUT2D eigenvalue weighted by molar-refractivity contribution is 7.89. The summed E-state index contributed by atoms with van der Waals surface area (Å²) in [6.45, 7) is -0.409. The van der Waals surface area contributed by atoms with E-state index in [1.54, 1.807) is 0 Å². The third-order valence-electron chi connectivity index (χ3n) is 4.34. The van der Waals surface area contributed by atoms with Crippen LogP contribution in [-0.4, -0.2) is 45.8 Å². The van der Waals surface area contributed by atoms with Gasteiger partial charge in [-0.2, -0.15) is 0 Å². The summed E-state index contributed by atoms with van der Waals surface area (Å²) in [6, 6.07) is 4.17. The lowest BCUT2D eigenvalue weighted by Gasteiger charge is -2.25. The van der Waals surface area contributed by atoms with E-state index in [9.17, 15) is 22.8 Å². The molecule has 1 aromatic rings. The fourth-order valence-electron chi connectivity index (χ4n) is 2.80. The molecule has 2 aliphatic rings. The van der Waals surface area contributed by atoms with Gasteiger partial charge in [0, 0.05) is 18.9 Å². The Kier molecular flexibility index (Phi) is 5.47. The molecule has 0 bridgehead atoms. The summed E-state index contributed by atoms with van der Waals surface area (Å²) in [7, 11) is -2.78. The highest BCUT2D eigenvalue weighted by atomic mass is 32.2. The Labute approximate surface area is 157 Å². The number of hydrogen-bond donors (Lipinski definition) is 2. The van der Waals surface area contributed by atoms with E-state index in [1.807, 2.05) is 0 Å².